The van der Waals surface area contributed by atoms with Gasteiger partial charge >= 0.3 is 5.97 Å². The number of rotatable bonds is 8. The highest BCUT2D eigenvalue weighted by molar-refractivity contribution is 6.18. The Kier molecular flexibility index (Phi) is 7.56. The molecule has 3 aromatic carbocycles. The van der Waals surface area contributed by atoms with Gasteiger partial charge in [-0.3, -0.25) is 14.8 Å². The maximum atomic E-state index is 12.8. The number of aromatic nitrogens is 1. The number of carbonyl (C=O) groups excluding carboxylic acids is 1. The molecule has 0 atom stereocenters. The molecule has 0 aliphatic rings. The molecule has 0 aliphatic carbocycles. The summed E-state index contributed by atoms with van der Waals surface area (Å²) in [5, 5.41) is 12.7. The van der Waals surface area contributed by atoms with Gasteiger partial charge in [-0.05, 0) is 23.8 Å². The van der Waals surface area contributed by atoms with Gasteiger partial charge in [-0.1, -0.05) is 84.9 Å². The predicted molar refractivity (Wildman–Crippen MR) is 137 cm³/mol. The topological polar surface area (TPSA) is 91.6 Å². The van der Waals surface area contributed by atoms with Gasteiger partial charge in [0.1, 0.15) is 5.69 Å². The van der Waals surface area contributed by atoms with E-state index < -0.39 is 5.97 Å². The van der Waals surface area contributed by atoms with E-state index >= 15 is 0 Å². The zero-order chi connectivity index (χ0) is 24.5. The number of carboxylic acid groups (broad SMARTS) is 1. The summed E-state index contributed by atoms with van der Waals surface area (Å²) in [6.45, 7) is 0. The summed E-state index contributed by atoms with van der Waals surface area (Å²) in [6, 6.07) is 31.2. The van der Waals surface area contributed by atoms with Crippen LogP contribution >= 0.6 is 0 Å². The second-order valence-electron chi connectivity index (χ2n) is 7.68. The lowest BCUT2D eigenvalue weighted by molar-refractivity contribution is -0.132. The molecule has 4 rings (SSSR count). The molecule has 0 radical (unpaired) electrons. The third-order valence-corrected chi connectivity index (χ3v) is 5.24. The molecule has 6 nitrogen and oxygen atoms in total. The van der Waals surface area contributed by atoms with E-state index in [1.165, 1.54) is 6.20 Å². The second kappa shape index (κ2) is 11.3. The van der Waals surface area contributed by atoms with Crippen molar-refractivity contribution < 1.29 is 14.7 Å². The summed E-state index contributed by atoms with van der Waals surface area (Å²) in [4.78, 5) is 33.5. The lowest BCUT2D eigenvalue weighted by Crippen LogP contribution is -2.16. The quantitative estimate of drug-likeness (QED) is 0.272. The standard InChI is InChI=1S/C29H23N3O3/c33-28(26-17-9-10-18-30-26)32-25-16-8-7-15-24(25)27(22-13-5-2-6-14-22)31-20-23(29(34)35)19-21-11-3-1-4-12-21/h1-18,20H,19H2,(H,32,33)(H,34,35)/b23-20-,31-27?. The number of hydrogen-bond acceptors (Lipinski definition) is 4. The van der Waals surface area contributed by atoms with Gasteiger partial charge in [-0.15, -0.1) is 0 Å². The van der Waals surface area contributed by atoms with E-state index in [0.29, 0.717) is 17.0 Å². The van der Waals surface area contributed by atoms with Gasteiger partial charge in [-0.2, -0.15) is 0 Å². The third-order valence-electron chi connectivity index (χ3n) is 5.24. The number of hydrogen-bond donors (Lipinski definition) is 2. The summed E-state index contributed by atoms with van der Waals surface area (Å²) in [7, 11) is 0. The fourth-order valence-electron chi connectivity index (χ4n) is 3.51. The van der Waals surface area contributed by atoms with E-state index in [2.05, 4.69) is 15.3 Å². The Balaban J connectivity index is 1.75. The van der Waals surface area contributed by atoms with E-state index in [9.17, 15) is 14.7 Å². The molecule has 2 N–H and O–H groups in total. The molecule has 4 aromatic rings. The average Bonchev–Trinajstić information content (AvgIpc) is 2.90. The molecule has 1 amide bonds. The number of benzene rings is 3. The molecule has 35 heavy (non-hydrogen) atoms. The second-order valence-corrected chi connectivity index (χ2v) is 7.68. The van der Waals surface area contributed by atoms with E-state index in [1.807, 2.05) is 78.9 Å². The number of aliphatic carboxylic acids is 1. The third kappa shape index (κ3) is 6.15. The number of anilines is 1. The monoisotopic (exact) mass is 461 g/mol. The molecule has 172 valence electrons. The Bertz CT molecular complexity index is 1370. The lowest BCUT2D eigenvalue weighted by Gasteiger charge is -2.13. The first-order valence-corrected chi connectivity index (χ1v) is 11.0. The van der Waals surface area contributed by atoms with Gasteiger partial charge in [0.15, 0.2) is 0 Å². The zero-order valence-corrected chi connectivity index (χ0v) is 18.8. The van der Waals surface area contributed by atoms with Crippen molar-refractivity contribution in [3.05, 3.63) is 143 Å². The number of nitrogens with zero attached hydrogens (tertiary/aromatic N) is 2. The number of amides is 1. The van der Waals surface area contributed by atoms with Crippen LogP contribution in [0.4, 0.5) is 5.69 Å². The van der Waals surface area contributed by atoms with Crippen molar-refractivity contribution in [2.75, 3.05) is 5.32 Å². The van der Waals surface area contributed by atoms with Crippen molar-refractivity contribution in [2.24, 2.45) is 4.99 Å². The molecule has 1 aromatic heterocycles. The van der Waals surface area contributed by atoms with Crippen LogP contribution in [0, 0.1) is 0 Å². The van der Waals surface area contributed by atoms with E-state index in [4.69, 9.17) is 0 Å². The molecule has 0 saturated carbocycles. The van der Waals surface area contributed by atoms with Gasteiger partial charge in [0.2, 0.25) is 0 Å². The Hall–Kier alpha value is -4.84. The van der Waals surface area contributed by atoms with Crippen molar-refractivity contribution in [3.8, 4) is 0 Å². The minimum Gasteiger partial charge on any atom is -0.478 e. The van der Waals surface area contributed by atoms with Crippen LogP contribution in [0.1, 0.15) is 27.2 Å². The molecule has 1 heterocycles. The maximum Gasteiger partial charge on any atom is 0.333 e. The molecule has 0 aliphatic heterocycles. The largest absolute Gasteiger partial charge is 0.478 e. The van der Waals surface area contributed by atoms with Gasteiger partial charge in [0.25, 0.3) is 5.91 Å². The molecular formula is C29H23N3O3. The predicted octanol–water partition coefficient (Wildman–Crippen LogP) is 5.38. The molecule has 0 saturated heterocycles. The highest BCUT2D eigenvalue weighted by Crippen LogP contribution is 2.22. The SMILES string of the molecule is O=C(O)/C(=C\N=C(c1ccccc1)c1ccccc1NC(=O)c1ccccn1)Cc1ccccc1. The molecular weight excluding hydrogens is 438 g/mol. The Morgan fingerprint density at radius 1 is 0.829 bits per heavy atom. The number of pyridine rings is 1. The van der Waals surface area contributed by atoms with Crippen LogP contribution in [0.25, 0.3) is 0 Å². The number of carboxylic acids is 1. The van der Waals surface area contributed by atoms with Crippen LogP contribution in [0.2, 0.25) is 0 Å². The van der Waals surface area contributed by atoms with Crippen molar-refractivity contribution in [1.82, 2.24) is 4.98 Å². The van der Waals surface area contributed by atoms with Crippen molar-refractivity contribution >= 4 is 23.3 Å². The van der Waals surface area contributed by atoms with Crippen LogP contribution < -0.4 is 5.32 Å². The Morgan fingerprint density at radius 3 is 2.17 bits per heavy atom. The first-order valence-electron chi connectivity index (χ1n) is 11.0. The minimum atomic E-state index is -1.04. The fourth-order valence-corrected chi connectivity index (χ4v) is 3.51. The normalized spacial score (nSPS) is 11.7. The summed E-state index contributed by atoms with van der Waals surface area (Å²) in [5.41, 5.74) is 3.83. The van der Waals surface area contributed by atoms with E-state index in [1.54, 1.807) is 30.5 Å². The molecule has 0 bridgehead atoms. The lowest BCUT2D eigenvalue weighted by atomic mass is 10.00. The molecule has 0 unspecified atom stereocenters. The van der Waals surface area contributed by atoms with Crippen molar-refractivity contribution in [2.45, 2.75) is 6.42 Å². The minimum absolute atomic E-state index is 0.152. The van der Waals surface area contributed by atoms with Crippen molar-refractivity contribution in [1.29, 1.82) is 0 Å². The number of aliphatic imine (C=N–C) groups is 1. The van der Waals surface area contributed by atoms with E-state index in [0.717, 1.165) is 11.1 Å². The van der Waals surface area contributed by atoms with Crippen LogP contribution in [0.5, 0.6) is 0 Å². The zero-order valence-electron chi connectivity index (χ0n) is 18.8. The van der Waals surface area contributed by atoms with E-state index in [-0.39, 0.29) is 23.6 Å². The van der Waals surface area contributed by atoms with Gasteiger partial charge < -0.3 is 10.4 Å². The first-order chi connectivity index (χ1) is 17.1. The summed E-state index contributed by atoms with van der Waals surface area (Å²) in [5.74, 6) is -1.39. The smallest absolute Gasteiger partial charge is 0.333 e. The number of nitrogens with one attached hydrogen (secondary N) is 1. The first kappa shape index (κ1) is 23.3. The molecule has 0 spiro atoms. The Labute approximate surface area is 203 Å². The molecule has 6 heteroatoms. The highest BCUT2D eigenvalue weighted by atomic mass is 16.4. The molecule has 0 fully saturated rings. The van der Waals surface area contributed by atoms with Crippen molar-refractivity contribution in [3.63, 3.8) is 0 Å². The summed E-state index contributed by atoms with van der Waals surface area (Å²) in [6.07, 6.45) is 3.18. The van der Waals surface area contributed by atoms with Crippen LogP contribution in [-0.4, -0.2) is 27.7 Å². The summed E-state index contributed by atoms with van der Waals surface area (Å²) >= 11 is 0. The summed E-state index contributed by atoms with van der Waals surface area (Å²) < 4.78 is 0. The van der Waals surface area contributed by atoms with Crippen LogP contribution in [0.3, 0.4) is 0 Å². The number of carbonyl (C=O) groups is 2. The Morgan fingerprint density at radius 2 is 1.49 bits per heavy atom. The number of para-hydroxylation sites is 1. The van der Waals surface area contributed by atoms with Crippen LogP contribution in [-0.2, 0) is 11.2 Å². The average molecular weight is 462 g/mol. The van der Waals surface area contributed by atoms with Gasteiger partial charge in [0.05, 0.1) is 17.0 Å². The van der Waals surface area contributed by atoms with Gasteiger partial charge in [0, 0.05) is 29.9 Å². The van der Waals surface area contributed by atoms with Gasteiger partial charge in [-0.25, -0.2) is 4.79 Å². The maximum absolute atomic E-state index is 12.8. The highest BCUT2D eigenvalue weighted by Gasteiger charge is 2.15. The van der Waals surface area contributed by atoms with Crippen LogP contribution in [0.15, 0.2) is 126 Å². The fraction of sp³-hybridized carbons (Fsp3) is 0.0345.